The Bertz CT molecular complexity index is 411. The number of hydrogen-bond donors (Lipinski definition) is 2. The summed E-state index contributed by atoms with van der Waals surface area (Å²) in [6, 6.07) is 4.53. The van der Waals surface area contributed by atoms with E-state index in [2.05, 4.69) is 5.32 Å². The monoisotopic (exact) mass is 253 g/mol. The van der Waals surface area contributed by atoms with Crippen molar-refractivity contribution in [2.24, 2.45) is 0 Å². The van der Waals surface area contributed by atoms with Crippen molar-refractivity contribution in [3.63, 3.8) is 0 Å². The fourth-order valence-corrected chi connectivity index (χ4v) is 2.33. The van der Waals surface area contributed by atoms with E-state index in [0.717, 1.165) is 24.8 Å². The Kier molecular flexibility index (Phi) is 4.19. The molecule has 0 aromatic heterocycles. The number of rotatable bonds is 4. The van der Waals surface area contributed by atoms with E-state index >= 15 is 0 Å². The van der Waals surface area contributed by atoms with Gasteiger partial charge in [-0.2, -0.15) is 0 Å². The SMILES string of the molecule is CNC(C)c1cc(F)ccc1OC1CCCC1O. The van der Waals surface area contributed by atoms with E-state index in [1.165, 1.54) is 12.1 Å². The predicted octanol–water partition coefficient (Wildman–Crippen LogP) is 2.40. The van der Waals surface area contributed by atoms with Gasteiger partial charge in [0.2, 0.25) is 0 Å². The van der Waals surface area contributed by atoms with Gasteiger partial charge in [0, 0.05) is 11.6 Å². The minimum Gasteiger partial charge on any atom is -0.487 e. The zero-order valence-electron chi connectivity index (χ0n) is 10.8. The van der Waals surface area contributed by atoms with Crippen molar-refractivity contribution >= 4 is 0 Å². The van der Waals surface area contributed by atoms with Crippen LogP contribution in [0.3, 0.4) is 0 Å². The van der Waals surface area contributed by atoms with Crippen LogP contribution in [0, 0.1) is 5.82 Å². The summed E-state index contributed by atoms with van der Waals surface area (Å²) in [7, 11) is 1.82. The summed E-state index contributed by atoms with van der Waals surface area (Å²) in [5, 5.41) is 12.9. The van der Waals surface area contributed by atoms with Crippen LogP contribution in [-0.2, 0) is 0 Å². The van der Waals surface area contributed by atoms with Gasteiger partial charge in [0.15, 0.2) is 0 Å². The molecule has 1 aliphatic rings. The van der Waals surface area contributed by atoms with Crippen LogP contribution in [0.2, 0.25) is 0 Å². The van der Waals surface area contributed by atoms with Gasteiger partial charge in [0.1, 0.15) is 17.7 Å². The van der Waals surface area contributed by atoms with E-state index < -0.39 is 6.10 Å². The van der Waals surface area contributed by atoms with Crippen LogP contribution in [0.15, 0.2) is 18.2 Å². The minimum absolute atomic E-state index is 0.00856. The van der Waals surface area contributed by atoms with Crippen molar-refractivity contribution in [1.82, 2.24) is 5.32 Å². The summed E-state index contributed by atoms with van der Waals surface area (Å²) in [4.78, 5) is 0. The molecule has 18 heavy (non-hydrogen) atoms. The van der Waals surface area contributed by atoms with Crippen molar-refractivity contribution in [1.29, 1.82) is 0 Å². The van der Waals surface area contributed by atoms with Gasteiger partial charge in [0.25, 0.3) is 0 Å². The molecule has 2 rings (SSSR count). The molecule has 1 fully saturated rings. The van der Waals surface area contributed by atoms with Crippen molar-refractivity contribution in [2.45, 2.75) is 44.4 Å². The topological polar surface area (TPSA) is 41.5 Å². The van der Waals surface area contributed by atoms with Crippen molar-refractivity contribution in [3.05, 3.63) is 29.6 Å². The lowest BCUT2D eigenvalue weighted by atomic mass is 10.1. The number of nitrogens with one attached hydrogen (secondary N) is 1. The Hall–Kier alpha value is -1.13. The van der Waals surface area contributed by atoms with Crippen LogP contribution in [0.25, 0.3) is 0 Å². The summed E-state index contributed by atoms with van der Waals surface area (Å²) in [6.07, 6.45) is 2.03. The standard InChI is InChI=1S/C14H20FNO2/c1-9(16-2)11-8-10(15)6-7-13(11)18-14-5-3-4-12(14)17/h6-9,12,14,16-17H,3-5H2,1-2H3. The molecule has 100 valence electrons. The highest BCUT2D eigenvalue weighted by Crippen LogP contribution is 2.30. The van der Waals surface area contributed by atoms with Crippen LogP contribution >= 0.6 is 0 Å². The number of ether oxygens (including phenoxy) is 1. The van der Waals surface area contributed by atoms with Gasteiger partial charge in [-0.1, -0.05) is 0 Å². The Morgan fingerprint density at radius 2 is 2.22 bits per heavy atom. The van der Waals surface area contributed by atoms with E-state index in [1.807, 2.05) is 14.0 Å². The quantitative estimate of drug-likeness (QED) is 0.865. The summed E-state index contributed by atoms with van der Waals surface area (Å²) in [5.41, 5.74) is 0.789. The molecule has 1 aromatic rings. The second kappa shape index (κ2) is 5.67. The van der Waals surface area contributed by atoms with Gasteiger partial charge >= 0.3 is 0 Å². The molecular weight excluding hydrogens is 233 g/mol. The third-order valence-electron chi connectivity index (χ3n) is 3.57. The van der Waals surface area contributed by atoms with Crippen LogP contribution < -0.4 is 10.1 Å². The number of hydrogen-bond acceptors (Lipinski definition) is 3. The highest BCUT2D eigenvalue weighted by Gasteiger charge is 2.28. The normalized spacial score (nSPS) is 25.1. The third kappa shape index (κ3) is 2.82. The summed E-state index contributed by atoms with van der Waals surface area (Å²) in [6.45, 7) is 1.95. The van der Waals surface area contributed by atoms with Gasteiger partial charge in [-0.15, -0.1) is 0 Å². The fraction of sp³-hybridized carbons (Fsp3) is 0.571. The Morgan fingerprint density at radius 3 is 2.83 bits per heavy atom. The van der Waals surface area contributed by atoms with Crippen LogP contribution in [-0.4, -0.2) is 24.4 Å². The molecule has 0 heterocycles. The van der Waals surface area contributed by atoms with Gasteiger partial charge < -0.3 is 15.2 Å². The zero-order valence-corrected chi connectivity index (χ0v) is 10.8. The number of benzene rings is 1. The Morgan fingerprint density at radius 1 is 1.44 bits per heavy atom. The second-order valence-corrected chi connectivity index (χ2v) is 4.85. The highest BCUT2D eigenvalue weighted by atomic mass is 19.1. The van der Waals surface area contributed by atoms with E-state index in [1.54, 1.807) is 6.07 Å². The molecule has 3 atom stereocenters. The van der Waals surface area contributed by atoms with Gasteiger partial charge in [-0.25, -0.2) is 4.39 Å². The van der Waals surface area contributed by atoms with E-state index in [0.29, 0.717) is 5.75 Å². The Balaban J connectivity index is 2.20. The molecule has 0 aliphatic heterocycles. The van der Waals surface area contributed by atoms with Gasteiger partial charge in [0.05, 0.1) is 6.10 Å². The molecule has 2 N–H and O–H groups in total. The summed E-state index contributed by atoms with van der Waals surface area (Å²) < 4.78 is 19.1. The molecule has 3 unspecified atom stereocenters. The molecule has 0 bridgehead atoms. The van der Waals surface area contributed by atoms with Crippen LogP contribution in [0.1, 0.15) is 37.8 Å². The highest BCUT2D eigenvalue weighted by molar-refractivity contribution is 5.36. The number of aliphatic hydroxyl groups excluding tert-OH is 1. The maximum Gasteiger partial charge on any atom is 0.124 e. The van der Waals surface area contributed by atoms with Gasteiger partial charge in [-0.3, -0.25) is 0 Å². The first kappa shape index (κ1) is 13.3. The lowest BCUT2D eigenvalue weighted by Gasteiger charge is -2.22. The van der Waals surface area contributed by atoms with E-state index in [9.17, 15) is 9.50 Å². The lowest BCUT2D eigenvalue weighted by molar-refractivity contribution is 0.0594. The second-order valence-electron chi connectivity index (χ2n) is 4.85. The molecule has 1 aliphatic carbocycles. The minimum atomic E-state index is -0.409. The first-order valence-corrected chi connectivity index (χ1v) is 6.43. The van der Waals surface area contributed by atoms with Crippen molar-refractivity contribution in [2.75, 3.05) is 7.05 Å². The summed E-state index contributed by atoms with van der Waals surface area (Å²) in [5.74, 6) is 0.385. The lowest BCUT2D eigenvalue weighted by Crippen LogP contribution is -2.26. The molecule has 0 saturated heterocycles. The average molecular weight is 253 g/mol. The largest absolute Gasteiger partial charge is 0.487 e. The molecule has 1 aromatic carbocycles. The zero-order chi connectivity index (χ0) is 13.1. The molecule has 4 heteroatoms. The number of halogens is 1. The van der Waals surface area contributed by atoms with Crippen LogP contribution in [0.4, 0.5) is 4.39 Å². The van der Waals surface area contributed by atoms with Crippen molar-refractivity contribution < 1.29 is 14.2 Å². The average Bonchev–Trinajstić information content (AvgIpc) is 2.76. The maximum absolute atomic E-state index is 13.3. The van der Waals surface area contributed by atoms with Crippen LogP contribution in [0.5, 0.6) is 5.75 Å². The first-order chi connectivity index (χ1) is 8.61. The third-order valence-corrected chi connectivity index (χ3v) is 3.57. The molecule has 0 amide bonds. The van der Waals surface area contributed by atoms with Crippen molar-refractivity contribution in [3.8, 4) is 5.75 Å². The van der Waals surface area contributed by atoms with E-state index in [-0.39, 0.29) is 18.0 Å². The molecular formula is C14H20FNO2. The number of aliphatic hydroxyl groups is 1. The Labute approximate surface area is 107 Å². The molecule has 0 spiro atoms. The molecule has 1 saturated carbocycles. The summed E-state index contributed by atoms with van der Waals surface area (Å²) >= 11 is 0. The fourth-order valence-electron chi connectivity index (χ4n) is 2.33. The maximum atomic E-state index is 13.3. The smallest absolute Gasteiger partial charge is 0.124 e. The predicted molar refractivity (Wildman–Crippen MR) is 68.1 cm³/mol. The molecule has 3 nitrogen and oxygen atoms in total. The first-order valence-electron chi connectivity index (χ1n) is 6.43. The van der Waals surface area contributed by atoms with Gasteiger partial charge in [-0.05, 0) is 51.4 Å². The van der Waals surface area contributed by atoms with E-state index in [4.69, 9.17) is 4.74 Å². The molecule has 0 radical (unpaired) electrons.